The highest BCUT2D eigenvalue weighted by Crippen LogP contribution is 2.14. The van der Waals surface area contributed by atoms with Crippen molar-refractivity contribution in [3.8, 4) is 5.75 Å². The number of ether oxygens (including phenoxy) is 1. The monoisotopic (exact) mass is 346 g/mol. The summed E-state index contributed by atoms with van der Waals surface area (Å²) >= 11 is 3.17. The first-order valence-electron chi connectivity index (χ1n) is 7.15. The Kier molecular flexibility index (Phi) is 6.48. The summed E-state index contributed by atoms with van der Waals surface area (Å²) in [5.74, 6) is 0.908. The molecule has 21 heavy (non-hydrogen) atoms. The molecular weight excluding hydrogens is 328 g/mol. The Morgan fingerprint density at radius 2 is 1.67 bits per heavy atom. The van der Waals surface area contributed by atoms with Crippen molar-refractivity contribution in [2.45, 2.75) is 19.3 Å². The quantitative estimate of drug-likeness (QED) is 0.394. The van der Waals surface area contributed by atoms with Gasteiger partial charge < -0.3 is 4.74 Å². The zero-order valence-corrected chi connectivity index (χ0v) is 13.5. The zero-order valence-electron chi connectivity index (χ0n) is 11.9. The molecule has 0 atom stereocenters. The number of hydrogen-bond donors (Lipinski definition) is 0. The SMILES string of the molecule is O=C(CBr)c1ccc(OCCCCc2ccccc2)cc1. The molecule has 2 rings (SSSR count). The van der Waals surface area contributed by atoms with Crippen LogP contribution in [0.5, 0.6) is 5.75 Å². The minimum atomic E-state index is 0.0874. The third kappa shape index (κ3) is 5.35. The van der Waals surface area contributed by atoms with E-state index < -0.39 is 0 Å². The maximum Gasteiger partial charge on any atom is 0.173 e. The fourth-order valence-electron chi connectivity index (χ4n) is 2.08. The largest absolute Gasteiger partial charge is 0.494 e. The molecule has 0 bridgehead atoms. The van der Waals surface area contributed by atoms with E-state index in [2.05, 4.69) is 40.2 Å². The molecule has 0 spiro atoms. The average Bonchev–Trinajstić information content (AvgIpc) is 2.55. The Labute approximate surface area is 134 Å². The van der Waals surface area contributed by atoms with Gasteiger partial charge in [-0.1, -0.05) is 46.3 Å². The number of aryl methyl sites for hydroxylation is 1. The van der Waals surface area contributed by atoms with Crippen molar-refractivity contribution in [1.82, 2.24) is 0 Å². The summed E-state index contributed by atoms with van der Waals surface area (Å²) in [6, 6.07) is 17.8. The van der Waals surface area contributed by atoms with Crippen molar-refractivity contribution in [2.75, 3.05) is 11.9 Å². The summed E-state index contributed by atoms with van der Waals surface area (Å²) in [4.78, 5) is 11.5. The van der Waals surface area contributed by atoms with Gasteiger partial charge in [0, 0.05) is 5.56 Å². The Hall–Kier alpha value is -1.61. The standard InChI is InChI=1S/C18H19BrO2/c19-14-18(20)16-9-11-17(12-10-16)21-13-5-4-8-15-6-2-1-3-7-15/h1-3,6-7,9-12H,4-5,8,13-14H2. The molecule has 0 heterocycles. The normalized spacial score (nSPS) is 10.3. The highest BCUT2D eigenvalue weighted by atomic mass is 79.9. The molecule has 0 amide bonds. The predicted octanol–water partition coefficient (Wildman–Crippen LogP) is 4.67. The smallest absolute Gasteiger partial charge is 0.173 e. The van der Waals surface area contributed by atoms with E-state index in [1.807, 2.05) is 30.3 Å². The molecule has 0 radical (unpaired) electrons. The van der Waals surface area contributed by atoms with Gasteiger partial charge in [0.2, 0.25) is 0 Å². The topological polar surface area (TPSA) is 26.3 Å². The van der Waals surface area contributed by atoms with Crippen LogP contribution in [0.3, 0.4) is 0 Å². The van der Waals surface area contributed by atoms with Crippen molar-refractivity contribution >= 4 is 21.7 Å². The number of unbranched alkanes of at least 4 members (excludes halogenated alkanes) is 1. The van der Waals surface area contributed by atoms with Crippen molar-refractivity contribution in [3.05, 3.63) is 65.7 Å². The highest BCUT2D eigenvalue weighted by molar-refractivity contribution is 9.09. The lowest BCUT2D eigenvalue weighted by Gasteiger charge is -2.07. The molecule has 0 N–H and O–H groups in total. The number of hydrogen-bond acceptors (Lipinski definition) is 2. The number of ketones is 1. The number of carbonyl (C=O) groups is 1. The third-order valence-corrected chi connectivity index (χ3v) is 3.78. The maximum absolute atomic E-state index is 11.5. The van der Waals surface area contributed by atoms with E-state index >= 15 is 0 Å². The predicted molar refractivity (Wildman–Crippen MR) is 89.4 cm³/mol. The summed E-state index contributed by atoms with van der Waals surface area (Å²) in [5.41, 5.74) is 2.08. The second-order valence-electron chi connectivity index (χ2n) is 4.87. The van der Waals surface area contributed by atoms with Crippen molar-refractivity contribution < 1.29 is 9.53 Å². The van der Waals surface area contributed by atoms with Gasteiger partial charge in [0.1, 0.15) is 5.75 Å². The Morgan fingerprint density at radius 3 is 2.33 bits per heavy atom. The minimum absolute atomic E-state index is 0.0874. The van der Waals surface area contributed by atoms with Crippen molar-refractivity contribution in [3.63, 3.8) is 0 Å². The number of rotatable bonds is 8. The summed E-state index contributed by atoms with van der Waals surface area (Å²) in [7, 11) is 0. The van der Waals surface area contributed by atoms with Crippen molar-refractivity contribution in [2.24, 2.45) is 0 Å². The first-order chi connectivity index (χ1) is 10.3. The zero-order chi connectivity index (χ0) is 14.9. The van der Waals surface area contributed by atoms with Gasteiger partial charge >= 0.3 is 0 Å². The Morgan fingerprint density at radius 1 is 0.952 bits per heavy atom. The first kappa shape index (κ1) is 15.8. The Balaban J connectivity index is 1.68. The number of Topliss-reactive ketones (excluding diaryl/α,β-unsaturated/α-hetero) is 1. The van der Waals surface area contributed by atoms with Gasteiger partial charge in [-0.25, -0.2) is 0 Å². The van der Waals surface area contributed by atoms with Crippen LogP contribution in [0.2, 0.25) is 0 Å². The Bertz CT molecular complexity index is 549. The minimum Gasteiger partial charge on any atom is -0.494 e. The van der Waals surface area contributed by atoms with Crippen LogP contribution in [0, 0.1) is 0 Å². The molecule has 2 nitrogen and oxygen atoms in total. The highest BCUT2D eigenvalue weighted by Gasteiger charge is 2.03. The van der Waals surface area contributed by atoms with Crippen LogP contribution in [0.1, 0.15) is 28.8 Å². The lowest BCUT2D eigenvalue weighted by molar-refractivity contribution is 0.102. The van der Waals surface area contributed by atoms with Gasteiger partial charge in [-0.05, 0) is 49.1 Å². The fourth-order valence-corrected chi connectivity index (χ4v) is 2.40. The number of alkyl halides is 1. The molecule has 0 aliphatic heterocycles. The summed E-state index contributed by atoms with van der Waals surface area (Å²) in [6.07, 6.45) is 3.23. The van der Waals surface area contributed by atoms with Crippen LogP contribution in [0.25, 0.3) is 0 Å². The molecule has 2 aromatic carbocycles. The van der Waals surface area contributed by atoms with E-state index in [9.17, 15) is 4.79 Å². The van der Waals surface area contributed by atoms with Gasteiger partial charge in [0.15, 0.2) is 5.78 Å². The molecule has 0 saturated carbocycles. The third-order valence-electron chi connectivity index (χ3n) is 3.27. The van der Waals surface area contributed by atoms with Crippen LogP contribution in [0.15, 0.2) is 54.6 Å². The van der Waals surface area contributed by atoms with E-state index in [0.717, 1.165) is 25.0 Å². The van der Waals surface area contributed by atoms with Gasteiger partial charge in [-0.15, -0.1) is 0 Å². The molecule has 0 aromatic heterocycles. The van der Waals surface area contributed by atoms with E-state index in [1.165, 1.54) is 5.56 Å². The lowest BCUT2D eigenvalue weighted by atomic mass is 10.1. The summed E-state index contributed by atoms with van der Waals surface area (Å²) in [6.45, 7) is 0.707. The van der Waals surface area contributed by atoms with E-state index in [-0.39, 0.29) is 5.78 Å². The van der Waals surface area contributed by atoms with Gasteiger partial charge in [-0.2, -0.15) is 0 Å². The molecule has 0 aliphatic carbocycles. The fraction of sp³-hybridized carbons (Fsp3) is 0.278. The van der Waals surface area contributed by atoms with Crippen LogP contribution in [0.4, 0.5) is 0 Å². The maximum atomic E-state index is 11.5. The van der Waals surface area contributed by atoms with E-state index in [0.29, 0.717) is 17.5 Å². The lowest BCUT2D eigenvalue weighted by Crippen LogP contribution is -2.01. The number of benzene rings is 2. The van der Waals surface area contributed by atoms with Crippen molar-refractivity contribution in [1.29, 1.82) is 0 Å². The summed E-state index contributed by atoms with van der Waals surface area (Å²) in [5, 5.41) is 0.354. The molecular formula is C18H19BrO2. The molecule has 0 fully saturated rings. The average molecular weight is 347 g/mol. The number of halogens is 1. The second kappa shape index (κ2) is 8.63. The van der Waals surface area contributed by atoms with E-state index in [4.69, 9.17) is 4.74 Å². The van der Waals surface area contributed by atoms with Gasteiger partial charge in [-0.3, -0.25) is 4.79 Å². The second-order valence-corrected chi connectivity index (χ2v) is 5.43. The molecule has 0 unspecified atom stereocenters. The van der Waals surface area contributed by atoms with E-state index in [1.54, 1.807) is 0 Å². The molecule has 110 valence electrons. The van der Waals surface area contributed by atoms with Gasteiger partial charge in [0.25, 0.3) is 0 Å². The number of carbonyl (C=O) groups excluding carboxylic acids is 1. The summed E-state index contributed by atoms with van der Waals surface area (Å²) < 4.78 is 5.69. The molecule has 0 aliphatic rings. The molecule has 3 heteroatoms. The van der Waals surface area contributed by atoms with Crippen LogP contribution < -0.4 is 4.74 Å². The molecule has 0 saturated heterocycles. The van der Waals surface area contributed by atoms with Crippen LogP contribution in [-0.4, -0.2) is 17.7 Å². The first-order valence-corrected chi connectivity index (χ1v) is 8.27. The van der Waals surface area contributed by atoms with Crippen LogP contribution in [-0.2, 0) is 6.42 Å². The van der Waals surface area contributed by atoms with Gasteiger partial charge in [0.05, 0.1) is 11.9 Å². The molecule has 2 aromatic rings. The van der Waals surface area contributed by atoms with Crippen LogP contribution >= 0.6 is 15.9 Å².